The Morgan fingerprint density at radius 2 is 1.75 bits per heavy atom. The third-order valence-corrected chi connectivity index (χ3v) is 0.931. The molecule has 1 aromatic carbocycles. The molecule has 0 saturated heterocycles. The van der Waals surface area contributed by atoms with Gasteiger partial charge in [0.15, 0.2) is 0 Å². The molecular weight excluding hydrogens is 150 g/mol. The Morgan fingerprint density at radius 1 is 1.25 bits per heavy atom. The number of hydrogen-bond donors (Lipinski definition) is 0. The van der Waals surface area contributed by atoms with E-state index in [2.05, 4.69) is 18.8 Å². The van der Waals surface area contributed by atoms with Crippen LogP contribution in [0.25, 0.3) is 0 Å². The number of carbonyl (C=O) groups excluding carboxylic acids is 1. The molecule has 2 heteroatoms. The molecule has 0 heterocycles. The van der Waals surface area contributed by atoms with E-state index >= 15 is 0 Å². The van der Waals surface area contributed by atoms with E-state index in [1.807, 2.05) is 18.2 Å². The predicted molar refractivity (Wildman–Crippen MR) is 50.2 cm³/mol. The zero-order valence-electron chi connectivity index (χ0n) is 7.45. The van der Waals surface area contributed by atoms with Crippen molar-refractivity contribution >= 4 is 11.8 Å². The van der Waals surface area contributed by atoms with Crippen LogP contribution in [0.3, 0.4) is 0 Å². The van der Waals surface area contributed by atoms with Crippen LogP contribution in [-0.4, -0.2) is 6.08 Å². The molecule has 0 unspecified atom stereocenters. The van der Waals surface area contributed by atoms with Gasteiger partial charge in [-0.25, -0.2) is 4.79 Å². The largest absolute Gasteiger partial charge is 0.240 e. The first kappa shape index (κ1) is 10.6. The molecule has 0 amide bonds. The zero-order chi connectivity index (χ0) is 9.23. The standard InChI is InChI=1S/C7H5NO.C3H8/c9-6-8-7-4-2-1-3-5-7;1-3-2/h1-5H;3H2,1-2H3. The summed E-state index contributed by atoms with van der Waals surface area (Å²) in [6.07, 6.45) is 2.71. The van der Waals surface area contributed by atoms with Crippen LogP contribution in [0.4, 0.5) is 5.69 Å². The summed E-state index contributed by atoms with van der Waals surface area (Å²) in [5.74, 6) is 0. The fourth-order valence-electron chi connectivity index (χ4n) is 0.555. The van der Waals surface area contributed by atoms with Gasteiger partial charge in [0.25, 0.3) is 0 Å². The molecule has 1 rings (SSSR count). The van der Waals surface area contributed by atoms with Crippen molar-refractivity contribution < 1.29 is 4.79 Å². The van der Waals surface area contributed by atoms with E-state index in [-0.39, 0.29) is 0 Å². The van der Waals surface area contributed by atoms with Crippen molar-refractivity contribution in [1.82, 2.24) is 0 Å². The van der Waals surface area contributed by atoms with Gasteiger partial charge in [-0.3, -0.25) is 0 Å². The molecule has 0 fully saturated rings. The Labute approximate surface area is 73.0 Å². The number of rotatable bonds is 1. The number of isocyanates is 1. The monoisotopic (exact) mass is 163 g/mol. The summed E-state index contributed by atoms with van der Waals surface area (Å²) in [5.41, 5.74) is 0.646. The molecule has 1 aromatic rings. The van der Waals surface area contributed by atoms with Crippen LogP contribution >= 0.6 is 0 Å². The first-order valence-electron chi connectivity index (χ1n) is 3.98. The molecule has 12 heavy (non-hydrogen) atoms. The Hall–Kier alpha value is -1.40. The fraction of sp³-hybridized carbons (Fsp3) is 0.300. The van der Waals surface area contributed by atoms with Gasteiger partial charge in [-0.05, 0) is 12.1 Å². The maximum Gasteiger partial charge on any atom is 0.240 e. The minimum Gasteiger partial charge on any atom is -0.211 e. The molecule has 0 spiro atoms. The summed E-state index contributed by atoms with van der Waals surface area (Å²) in [4.78, 5) is 13.1. The molecule has 0 N–H and O–H groups in total. The van der Waals surface area contributed by atoms with E-state index in [9.17, 15) is 4.79 Å². The van der Waals surface area contributed by atoms with Crippen molar-refractivity contribution in [1.29, 1.82) is 0 Å². The maximum absolute atomic E-state index is 9.68. The second kappa shape index (κ2) is 7.70. The summed E-state index contributed by atoms with van der Waals surface area (Å²) in [5, 5.41) is 0. The number of para-hydroxylation sites is 1. The van der Waals surface area contributed by atoms with Crippen LogP contribution in [0, 0.1) is 0 Å². The lowest BCUT2D eigenvalue weighted by atomic mass is 10.3. The predicted octanol–water partition coefficient (Wildman–Crippen LogP) is 3.07. The highest BCUT2D eigenvalue weighted by Crippen LogP contribution is 2.06. The van der Waals surface area contributed by atoms with Crippen LogP contribution in [0.15, 0.2) is 35.3 Å². The van der Waals surface area contributed by atoms with Gasteiger partial charge >= 0.3 is 0 Å². The normalized spacial score (nSPS) is 7.50. The van der Waals surface area contributed by atoms with Crippen LogP contribution in [-0.2, 0) is 4.79 Å². The summed E-state index contributed by atoms with van der Waals surface area (Å²) in [7, 11) is 0. The van der Waals surface area contributed by atoms with Crippen molar-refractivity contribution in [2.45, 2.75) is 20.3 Å². The summed E-state index contributed by atoms with van der Waals surface area (Å²) in [6, 6.07) is 8.98. The van der Waals surface area contributed by atoms with Crippen molar-refractivity contribution in [3.63, 3.8) is 0 Å². The number of benzene rings is 1. The Balaban J connectivity index is 0.000000354. The van der Waals surface area contributed by atoms with Crippen molar-refractivity contribution in [2.75, 3.05) is 0 Å². The number of aliphatic imine (C=N–C) groups is 1. The fourth-order valence-corrected chi connectivity index (χ4v) is 0.555. The molecule has 0 saturated carbocycles. The summed E-state index contributed by atoms with van der Waals surface area (Å²) in [6.45, 7) is 4.25. The van der Waals surface area contributed by atoms with Gasteiger partial charge in [-0.2, -0.15) is 4.99 Å². The highest BCUT2D eigenvalue weighted by atomic mass is 16.1. The minimum atomic E-state index is 0.646. The van der Waals surface area contributed by atoms with Gasteiger partial charge in [0.05, 0.1) is 5.69 Å². The molecule has 0 radical (unpaired) electrons. The van der Waals surface area contributed by atoms with Gasteiger partial charge in [0.1, 0.15) is 0 Å². The topological polar surface area (TPSA) is 29.4 Å². The van der Waals surface area contributed by atoms with Crippen molar-refractivity contribution in [3.8, 4) is 0 Å². The molecule has 0 aliphatic rings. The summed E-state index contributed by atoms with van der Waals surface area (Å²) >= 11 is 0. The lowest BCUT2D eigenvalue weighted by Crippen LogP contribution is -1.59. The number of nitrogens with zero attached hydrogens (tertiary/aromatic N) is 1. The van der Waals surface area contributed by atoms with Gasteiger partial charge in [-0.15, -0.1) is 0 Å². The van der Waals surface area contributed by atoms with Crippen LogP contribution in [0.5, 0.6) is 0 Å². The molecule has 0 atom stereocenters. The molecule has 2 nitrogen and oxygen atoms in total. The van der Waals surface area contributed by atoms with Gasteiger partial charge in [-0.1, -0.05) is 38.5 Å². The van der Waals surface area contributed by atoms with Crippen LogP contribution in [0.2, 0.25) is 0 Å². The Bertz CT molecular complexity index is 237. The minimum absolute atomic E-state index is 0.646. The van der Waals surface area contributed by atoms with E-state index < -0.39 is 0 Å². The molecule has 0 aliphatic carbocycles. The van der Waals surface area contributed by atoms with E-state index in [0.29, 0.717) is 5.69 Å². The number of hydrogen-bond acceptors (Lipinski definition) is 2. The molecule has 0 aromatic heterocycles. The van der Waals surface area contributed by atoms with Crippen LogP contribution < -0.4 is 0 Å². The van der Waals surface area contributed by atoms with E-state index in [0.717, 1.165) is 0 Å². The third-order valence-electron chi connectivity index (χ3n) is 0.931. The quantitative estimate of drug-likeness (QED) is 0.462. The van der Waals surface area contributed by atoms with Crippen molar-refractivity contribution in [2.24, 2.45) is 4.99 Å². The second-order valence-electron chi connectivity index (χ2n) is 2.25. The molecule has 0 aliphatic heterocycles. The zero-order valence-corrected chi connectivity index (χ0v) is 7.45. The van der Waals surface area contributed by atoms with Crippen LogP contribution in [0.1, 0.15) is 20.3 Å². The lowest BCUT2D eigenvalue weighted by Gasteiger charge is -1.83. The second-order valence-corrected chi connectivity index (χ2v) is 2.25. The average Bonchev–Trinajstić information content (AvgIpc) is 2.08. The highest BCUT2D eigenvalue weighted by molar-refractivity contribution is 5.47. The molecule has 64 valence electrons. The van der Waals surface area contributed by atoms with E-state index in [4.69, 9.17) is 0 Å². The smallest absolute Gasteiger partial charge is 0.211 e. The maximum atomic E-state index is 9.68. The first-order valence-corrected chi connectivity index (χ1v) is 3.98. The first-order chi connectivity index (χ1) is 5.85. The van der Waals surface area contributed by atoms with Gasteiger partial charge < -0.3 is 0 Å². The summed E-state index contributed by atoms with van der Waals surface area (Å²) < 4.78 is 0. The van der Waals surface area contributed by atoms with E-state index in [1.165, 1.54) is 12.5 Å². The van der Waals surface area contributed by atoms with Gasteiger partial charge in [0.2, 0.25) is 6.08 Å². The SMILES string of the molecule is CCC.O=C=Nc1ccccc1. The van der Waals surface area contributed by atoms with Crippen molar-refractivity contribution in [3.05, 3.63) is 30.3 Å². The average molecular weight is 163 g/mol. The third kappa shape index (κ3) is 5.39. The molecule has 0 bridgehead atoms. The highest BCUT2D eigenvalue weighted by Gasteiger charge is 1.79. The van der Waals surface area contributed by atoms with Gasteiger partial charge in [0, 0.05) is 0 Å². The molecular formula is C10H13NO. The Morgan fingerprint density at radius 3 is 2.17 bits per heavy atom. The van der Waals surface area contributed by atoms with E-state index in [1.54, 1.807) is 12.1 Å². The Kier molecular flexibility index (Phi) is 6.81. The lowest BCUT2D eigenvalue weighted by molar-refractivity contribution is 0.565.